The third-order valence-corrected chi connectivity index (χ3v) is 12.3. The fourth-order valence-corrected chi connectivity index (χ4v) is 9.14. The number of aliphatic hydroxyl groups is 2. The first-order chi connectivity index (χ1) is 24.6. The number of anilines is 1. The number of nitrogens with zero attached hydrogens (tertiary/aromatic N) is 2. The summed E-state index contributed by atoms with van der Waals surface area (Å²) in [6.07, 6.45) is 6.86. The zero-order valence-corrected chi connectivity index (χ0v) is 30.1. The van der Waals surface area contributed by atoms with E-state index in [1.807, 2.05) is 78.9 Å². The Kier molecular flexibility index (Phi) is 10.2. The van der Waals surface area contributed by atoms with E-state index in [-0.39, 0.29) is 11.7 Å². The van der Waals surface area contributed by atoms with Gasteiger partial charge < -0.3 is 20.2 Å². The fourth-order valence-electron chi connectivity index (χ4n) is 9.14. The number of para-hydroxylation sites is 2. The number of fused-ring (bicyclic) bond motifs is 8. The highest BCUT2D eigenvalue weighted by atomic mass is 16.3. The van der Waals surface area contributed by atoms with Crippen molar-refractivity contribution in [2.75, 3.05) is 37.6 Å². The van der Waals surface area contributed by atoms with Crippen LogP contribution in [0.25, 0.3) is 11.1 Å². The van der Waals surface area contributed by atoms with E-state index in [9.17, 15) is 20.1 Å². The molecule has 1 heterocycles. The molecule has 4 atom stereocenters. The molecule has 0 aromatic heterocycles. The number of aliphatic hydroxyl groups excluding tert-OH is 1. The zero-order valence-electron chi connectivity index (χ0n) is 30.1. The predicted molar refractivity (Wildman–Crippen MR) is 205 cm³/mol. The van der Waals surface area contributed by atoms with Crippen LogP contribution in [-0.4, -0.2) is 70.4 Å². The number of phenols is 1. The van der Waals surface area contributed by atoms with Gasteiger partial charge in [-0.1, -0.05) is 97.4 Å². The average Bonchev–Trinajstić information content (AvgIpc) is 3.39. The molecule has 2 bridgehead atoms. The van der Waals surface area contributed by atoms with Gasteiger partial charge in [0.15, 0.2) is 5.78 Å². The lowest BCUT2D eigenvalue weighted by Crippen LogP contribution is -2.56. The smallest absolute Gasteiger partial charge is 0.193 e. The second kappa shape index (κ2) is 14.8. The van der Waals surface area contributed by atoms with Crippen molar-refractivity contribution < 1.29 is 20.1 Å². The number of hydrogen-bond donors (Lipinski definition) is 3. The van der Waals surface area contributed by atoms with Gasteiger partial charge in [0, 0.05) is 49.3 Å². The molecule has 0 radical (unpaired) electrons. The minimum atomic E-state index is -0.954. The number of rotatable bonds is 6. The van der Waals surface area contributed by atoms with Gasteiger partial charge >= 0.3 is 0 Å². The summed E-state index contributed by atoms with van der Waals surface area (Å²) in [5.41, 5.74) is 5.91. The summed E-state index contributed by atoms with van der Waals surface area (Å²) in [6, 6.07) is 31.7. The van der Waals surface area contributed by atoms with Crippen molar-refractivity contribution in [3.8, 4) is 16.9 Å². The minimum Gasteiger partial charge on any atom is -0.506 e. The number of piperazine rings is 1. The molecular weight excluding hydrogens is 633 g/mol. The number of benzene rings is 4. The third kappa shape index (κ3) is 7.15. The Hall–Kier alpha value is -4.23. The van der Waals surface area contributed by atoms with E-state index >= 15 is 0 Å². The molecule has 3 aliphatic carbocycles. The Morgan fingerprint density at radius 2 is 1.57 bits per heavy atom. The van der Waals surface area contributed by atoms with Crippen LogP contribution in [0.15, 0.2) is 109 Å². The summed E-state index contributed by atoms with van der Waals surface area (Å²) in [4.78, 5) is 19.5. The lowest BCUT2D eigenvalue weighted by Gasteiger charge is -2.47. The molecule has 3 N–H and O–H groups in total. The first-order valence-electron chi connectivity index (χ1n) is 18.8. The molecule has 1 saturated carbocycles. The van der Waals surface area contributed by atoms with Crippen molar-refractivity contribution in [2.24, 2.45) is 5.41 Å². The summed E-state index contributed by atoms with van der Waals surface area (Å²) in [7, 11) is 0. The number of ketones is 1. The van der Waals surface area contributed by atoms with E-state index in [1.165, 1.54) is 5.57 Å². The van der Waals surface area contributed by atoms with Crippen LogP contribution >= 0.6 is 0 Å². The van der Waals surface area contributed by atoms with Gasteiger partial charge in [0.05, 0.1) is 17.4 Å². The Morgan fingerprint density at radius 3 is 2.35 bits per heavy atom. The standard InChI is InChI=1S/C45H52N2O4/c1-32-11-10-23-44(2)40(22-24-45(44,51)31-46-25-27-47(28-26-46)41-16-8-9-17-42(41)49)37-21-19-33(29-35(48)20-18-32)30-39(37)43(50)38-15-7-6-14-36(38)34-12-4-3-5-13-34/h3-9,11-17,19,21,30,35,40,48-49,51H,10,18,20,22-29,31H2,1-2H3. The van der Waals surface area contributed by atoms with Gasteiger partial charge in [-0.2, -0.15) is 0 Å². The quantitative estimate of drug-likeness (QED) is 0.141. The molecule has 2 fully saturated rings. The monoisotopic (exact) mass is 684 g/mol. The van der Waals surface area contributed by atoms with Crippen LogP contribution < -0.4 is 4.90 Å². The maximum atomic E-state index is 14.9. The molecule has 1 saturated heterocycles. The Balaban J connectivity index is 1.25. The zero-order chi connectivity index (χ0) is 35.6. The maximum absolute atomic E-state index is 14.9. The SMILES string of the molecule is CC1=CCCC2(C)C(CCC2(O)CN2CCN(c3ccccc3O)CC2)c2ccc(cc2C(=O)c2ccccc2-c2ccccc2)CC(O)CC1. The summed E-state index contributed by atoms with van der Waals surface area (Å²) >= 11 is 0. The van der Waals surface area contributed by atoms with Crippen LogP contribution in [0.1, 0.15) is 85.3 Å². The molecule has 8 rings (SSSR count). The highest BCUT2D eigenvalue weighted by Gasteiger charge is 2.57. The first kappa shape index (κ1) is 35.2. The van der Waals surface area contributed by atoms with Crippen LogP contribution in [0, 0.1) is 5.41 Å². The lowest BCUT2D eigenvalue weighted by molar-refractivity contribution is -0.0841. The van der Waals surface area contributed by atoms with Crippen LogP contribution in [-0.2, 0) is 6.42 Å². The molecule has 4 aromatic carbocycles. The molecule has 51 heavy (non-hydrogen) atoms. The second-order valence-corrected chi connectivity index (χ2v) is 15.4. The van der Waals surface area contributed by atoms with E-state index in [4.69, 9.17) is 0 Å². The molecule has 4 unspecified atom stereocenters. The molecule has 4 aliphatic rings. The number of carbonyl (C=O) groups excluding carboxylic acids is 1. The van der Waals surface area contributed by atoms with Gasteiger partial charge in [-0.05, 0) is 98.2 Å². The van der Waals surface area contributed by atoms with Gasteiger partial charge in [0.25, 0.3) is 0 Å². The Labute approximate surface area is 303 Å². The molecule has 1 aliphatic heterocycles. The molecule has 6 heteroatoms. The van der Waals surface area contributed by atoms with Crippen molar-refractivity contribution in [1.29, 1.82) is 0 Å². The molecule has 0 spiro atoms. The third-order valence-electron chi connectivity index (χ3n) is 12.3. The van der Waals surface area contributed by atoms with E-state index < -0.39 is 17.1 Å². The molecule has 0 amide bonds. The van der Waals surface area contributed by atoms with Crippen LogP contribution in [0.5, 0.6) is 5.75 Å². The average molecular weight is 685 g/mol. The predicted octanol–water partition coefficient (Wildman–Crippen LogP) is 8.15. The van der Waals surface area contributed by atoms with Gasteiger partial charge in [-0.3, -0.25) is 9.69 Å². The van der Waals surface area contributed by atoms with Crippen molar-refractivity contribution >= 4 is 11.5 Å². The number of carbonyl (C=O) groups is 1. The molecule has 6 nitrogen and oxygen atoms in total. The first-order valence-corrected chi connectivity index (χ1v) is 18.8. The van der Waals surface area contributed by atoms with Crippen LogP contribution in [0.4, 0.5) is 5.69 Å². The van der Waals surface area contributed by atoms with E-state index in [1.54, 1.807) is 6.07 Å². The Morgan fingerprint density at radius 1 is 0.843 bits per heavy atom. The van der Waals surface area contributed by atoms with E-state index in [2.05, 4.69) is 41.9 Å². The minimum absolute atomic E-state index is 0.0123. The van der Waals surface area contributed by atoms with E-state index in [0.29, 0.717) is 42.7 Å². The van der Waals surface area contributed by atoms with Crippen molar-refractivity contribution in [1.82, 2.24) is 4.90 Å². The summed E-state index contributed by atoms with van der Waals surface area (Å²) in [5, 5.41) is 34.4. The number of hydrogen-bond acceptors (Lipinski definition) is 6. The molecule has 266 valence electrons. The number of phenolic OH excluding ortho intramolecular Hbond substituents is 1. The van der Waals surface area contributed by atoms with Crippen LogP contribution in [0.3, 0.4) is 0 Å². The summed E-state index contributed by atoms with van der Waals surface area (Å²) in [5.74, 6) is 0.265. The Bertz CT molecular complexity index is 1880. The lowest BCUT2D eigenvalue weighted by atomic mass is 9.64. The van der Waals surface area contributed by atoms with Gasteiger partial charge in [-0.15, -0.1) is 0 Å². The normalized spacial score (nSPS) is 26.0. The maximum Gasteiger partial charge on any atom is 0.193 e. The number of aromatic hydroxyl groups is 1. The van der Waals surface area contributed by atoms with Crippen molar-refractivity contribution in [2.45, 2.75) is 76.4 Å². The number of β-amino-alcohol motifs (C(OH)–C–C–N with tert-alkyl or cyclic N) is 1. The highest BCUT2D eigenvalue weighted by Crippen LogP contribution is 2.59. The van der Waals surface area contributed by atoms with Crippen molar-refractivity contribution in [3.05, 3.63) is 131 Å². The number of allylic oxidation sites excluding steroid dienone is 2. The highest BCUT2D eigenvalue weighted by molar-refractivity contribution is 6.13. The van der Waals surface area contributed by atoms with Gasteiger partial charge in [0.1, 0.15) is 5.75 Å². The van der Waals surface area contributed by atoms with Gasteiger partial charge in [0.2, 0.25) is 0 Å². The largest absolute Gasteiger partial charge is 0.506 e. The molecular formula is C45H52N2O4. The van der Waals surface area contributed by atoms with Crippen molar-refractivity contribution in [3.63, 3.8) is 0 Å². The fraction of sp³-hybridized carbons (Fsp3) is 0.400. The van der Waals surface area contributed by atoms with Crippen LogP contribution in [0.2, 0.25) is 0 Å². The second-order valence-electron chi connectivity index (χ2n) is 15.4. The topological polar surface area (TPSA) is 84.2 Å². The van der Waals surface area contributed by atoms with E-state index in [0.717, 1.165) is 79.8 Å². The summed E-state index contributed by atoms with van der Waals surface area (Å²) in [6.45, 7) is 8.15. The van der Waals surface area contributed by atoms with Gasteiger partial charge in [-0.25, -0.2) is 0 Å². The molecule has 4 aromatic rings. The summed E-state index contributed by atoms with van der Waals surface area (Å²) < 4.78 is 0.